The van der Waals surface area contributed by atoms with Crippen LogP contribution < -0.4 is 14.8 Å². The van der Waals surface area contributed by atoms with E-state index in [1.165, 1.54) is 7.11 Å². The van der Waals surface area contributed by atoms with Crippen molar-refractivity contribution in [2.24, 2.45) is 0 Å². The number of anilines is 1. The van der Waals surface area contributed by atoms with Gasteiger partial charge in [0, 0.05) is 30.6 Å². The van der Waals surface area contributed by atoms with Crippen LogP contribution in [0.3, 0.4) is 0 Å². The summed E-state index contributed by atoms with van der Waals surface area (Å²) in [4.78, 5) is 28.8. The fourth-order valence-electron chi connectivity index (χ4n) is 4.46. The summed E-state index contributed by atoms with van der Waals surface area (Å²) < 4.78 is 16.9. The molecule has 0 aliphatic carbocycles. The molecular formula is C30H33N3O5. The Balaban J connectivity index is 1.58. The number of morpholine rings is 1. The van der Waals surface area contributed by atoms with Crippen LogP contribution in [-0.4, -0.2) is 63.2 Å². The summed E-state index contributed by atoms with van der Waals surface area (Å²) in [6.45, 7) is 10.5. The summed E-state index contributed by atoms with van der Waals surface area (Å²) in [5.41, 5.74) is 1.38. The second kappa shape index (κ2) is 11.6. The van der Waals surface area contributed by atoms with Gasteiger partial charge in [-0.15, -0.1) is 0 Å². The molecule has 0 bridgehead atoms. The Morgan fingerprint density at radius 2 is 1.79 bits per heavy atom. The van der Waals surface area contributed by atoms with Crippen molar-refractivity contribution in [3.05, 3.63) is 65.2 Å². The molecule has 0 atom stereocenters. The third-order valence-corrected chi connectivity index (χ3v) is 6.63. The van der Waals surface area contributed by atoms with Crippen LogP contribution in [0.15, 0.2) is 48.5 Å². The fraction of sp³-hybridized carbons (Fsp3) is 0.367. The first-order chi connectivity index (χ1) is 18.2. The maximum Gasteiger partial charge on any atom is 0.296 e. The molecule has 3 aromatic rings. The maximum absolute atomic E-state index is 13.4. The molecule has 0 aromatic heterocycles. The second-order valence-electron chi connectivity index (χ2n) is 10.2. The van der Waals surface area contributed by atoms with E-state index in [1.807, 2.05) is 39.0 Å². The largest absolute Gasteiger partial charge is 0.493 e. The Labute approximate surface area is 223 Å². The Kier molecular flexibility index (Phi) is 8.30. The van der Waals surface area contributed by atoms with Gasteiger partial charge in [0.05, 0.1) is 31.6 Å². The van der Waals surface area contributed by atoms with Crippen LogP contribution in [0, 0.1) is 11.3 Å². The smallest absolute Gasteiger partial charge is 0.296 e. The number of ether oxygens (including phenoxy) is 3. The molecule has 3 aromatic carbocycles. The van der Waals surface area contributed by atoms with E-state index in [1.54, 1.807) is 30.3 Å². The Morgan fingerprint density at radius 3 is 2.45 bits per heavy atom. The number of carbonyl (C=O) groups is 2. The number of rotatable bonds is 8. The van der Waals surface area contributed by atoms with Crippen molar-refractivity contribution in [3.8, 4) is 17.6 Å². The van der Waals surface area contributed by atoms with Crippen LogP contribution in [0.25, 0.3) is 10.8 Å². The molecule has 38 heavy (non-hydrogen) atoms. The van der Waals surface area contributed by atoms with Crippen molar-refractivity contribution in [2.75, 3.05) is 51.9 Å². The summed E-state index contributed by atoms with van der Waals surface area (Å²) in [5, 5.41) is 13.7. The van der Waals surface area contributed by atoms with E-state index in [4.69, 9.17) is 14.2 Å². The predicted molar refractivity (Wildman–Crippen MR) is 146 cm³/mol. The van der Waals surface area contributed by atoms with Crippen LogP contribution in [0.2, 0.25) is 0 Å². The Morgan fingerprint density at radius 1 is 1.08 bits per heavy atom. The predicted octanol–water partition coefficient (Wildman–Crippen LogP) is 4.55. The number of nitriles is 1. The van der Waals surface area contributed by atoms with Gasteiger partial charge in [0.1, 0.15) is 18.4 Å². The van der Waals surface area contributed by atoms with Gasteiger partial charge in [-0.1, -0.05) is 45.0 Å². The molecule has 198 valence electrons. The zero-order valence-corrected chi connectivity index (χ0v) is 22.3. The molecule has 1 heterocycles. The molecule has 1 aliphatic rings. The van der Waals surface area contributed by atoms with E-state index in [0.717, 1.165) is 43.8 Å². The number of hydrogen-bond acceptors (Lipinski definition) is 7. The minimum absolute atomic E-state index is 0.218. The lowest BCUT2D eigenvalue weighted by molar-refractivity contribution is -0.112. The first-order valence-corrected chi connectivity index (χ1v) is 12.7. The minimum atomic E-state index is -0.815. The van der Waals surface area contributed by atoms with Crippen molar-refractivity contribution in [3.63, 3.8) is 0 Å². The van der Waals surface area contributed by atoms with Crippen molar-refractivity contribution in [1.29, 1.82) is 5.26 Å². The molecule has 1 amide bonds. The number of fused-ring (bicyclic) bond motifs is 1. The summed E-state index contributed by atoms with van der Waals surface area (Å²) in [6.07, 6.45) is 0. The molecule has 1 aliphatic heterocycles. The number of nitrogens with one attached hydrogen (secondary N) is 1. The second-order valence-corrected chi connectivity index (χ2v) is 10.2. The highest BCUT2D eigenvalue weighted by molar-refractivity contribution is 6.48. The van der Waals surface area contributed by atoms with Crippen molar-refractivity contribution in [1.82, 2.24) is 4.90 Å². The van der Waals surface area contributed by atoms with Gasteiger partial charge in [-0.3, -0.25) is 14.5 Å². The highest BCUT2D eigenvalue weighted by atomic mass is 16.5. The summed E-state index contributed by atoms with van der Waals surface area (Å²) in [6, 6.07) is 16.3. The lowest BCUT2D eigenvalue weighted by Crippen LogP contribution is -2.38. The molecule has 0 saturated carbocycles. The van der Waals surface area contributed by atoms with Gasteiger partial charge >= 0.3 is 0 Å². The number of ketones is 1. The van der Waals surface area contributed by atoms with Crippen LogP contribution >= 0.6 is 0 Å². The maximum atomic E-state index is 13.4. The van der Waals surface area contributed by atoms with Gasteiger partial charge < -0.3 is 19.5 Å². The first-order valence-electron chi connectivity index (χ1n) is 12.7. The molecule has 0 spiro atoms. The van der Waals surface area contributed by atoms with Gasteiger partial charge in [0.2, 0.25) is 0 Å². The SMILES string of the molecule is COc1c(C#N)cc(C(C)(C)C)cc1NC(=O)C(=O)c1ccc(OCCN2CCOCC2)c2ccccc12. The highest BCUT2D eigenvalue weighted by Crippen LogP contribution is 2.35. The van der Waals surface area contributed by atoms with Gasteiger partial charge in [-0.05, 0) is 40.6 Å². The lowest BCUT2D eigenvalue weighted by Gasteiger charge is -2.26. The number of nitrogens with zero attached hydrogens (tertiary/aromatic N) is 2. The molecule has 1 N–H and O–H groups in total. The Hall–Kier alpha value is -3.93. The van der Waals surface area contributed by atoms with Gasteiger partial charge in [0.25, 0.3) is 11.7 Å². The number of amides is 1. The molecule has 8 heteroatoms. The first kappa shape index (κ1) is 27.1. The molecule has 0 unspecified atom stereocenters. The molecule has 0 radical (unpaired) electrons. The van der Waals surface area contributed by atoms with Crippen LogP contribution in [-0.2, 0) is 14.9 Å². The minimum Gasteiger partial charge on any atom is -0.493 e. The molecule has 1 fully saturated rings. The van der Waals surface area contributed by atoms with E-state index < -0.39 is 11.7 Å². The third-order valence-electron chi connectivity index (χ3n) is 6.63. The van der Waals surface area contributed by atoms with Crippen molar-refractivity contribution < 1.29 is 23.8 Å². The van der Waals surface area contributed by atoms with Crippen LogP contribution in [0.1, 0.15) is 42.3 Å². The van der Waals surface area contributed by atoms with Crippen molar-refractivity contribution in [2.45, 2.75) is 26.2 Å². The standard InChI is InChI=1S/C30H33N3O5/c1-30(2,3)21-17-20(19-31)28(36-4)25(18-21)32-29(35)27(34)24-9-10-26(23-8-6-5-7-22(23)24)38-16-13-33-11-14-37-15-12-33/h5-10,17-18H,11-16H2,1-4H3,(H,32,35). The quantitative estimate of drug-likeness (QED) is 0.347. The molecular weight excluding hydrogens is 482 g/mol. The average molecular weight is 516 g/mol. The number of Topliss-reactive ketones (excluding diaryl/α,β-unsaturated/α-hetero) is 1. The Bertz CT molecular complexity index is 1380. The average Bonchev–Trinajstić information content (AvgIpc) is 2.92. The van der Waals surface area contributed by atoms with E-state index >= 15 is 0 Å². The summed E-state index contributed by atoms with van der Waals surface area (Å²) in [7, 11) is 1.43. The van der Waals surface area contributed by atoms with Gasteiger partial charge in [-0.25, -0.2) is 0 Å². The van der Waals surface area contributed by atoms with Gasteiger partial charge in [0.15, 0.2) is 5.75 Å². The fourth-order valence-corrected chi connectivity index (χ4v) is 4.46. The zero-order chi connectivity index (χ0) is 27.3. The van der Waals surface area contributed by atoms with E-state index in [-0.39, 0.29) is 28.0 Å². The van der Waals surface area contributed by atoms with Crippen molar-refractivity contribution >= 4 is 28.2 Å². The van der Waals surface area contributed by atoms with Crippen LogP contribution in [0.5, 0.6) is 11.5 Å². The summed E-state index contributed by atoms with van der Waals surface area (Å²) >= 11 is 0. The third kappa shape index (κ3) is 5.96. The monoisotopic (exact) mass is 515 g/mol. The normalized spacial score (nSPS) is 14.1. The number of methoxy groups -OCH3 is 1. The van der Waals surface area contributed by atoms with E-state index in [0.29, 0.717) is 17.7 Å². The summed E-state index contributed by atoms with van der Waals surface area (Å²) in [5.74, 6) is -0.633. The molecule has 4 rings (SSSR count). The lowest BCUT2D eigenvalue weighted by atomic mass is 9.85. The van der Waals surface area contributed by atoms with Gasteiger partial charge in [-0.2, -0.15) is 5.26 Å². The highest BCUT2D eigenvalue weighted by Gasteiger charge is 2.25. The van der Waals surface area contributed by atoms with E-state index in [9.17, 15) is 14.9 Å². The zero-order valence-electron chi connectivity index (χ0n) is 22.3. The molecule has 1 saturated heterocycles. The van der Waals surface area contributed by atoms with Crippen LogP contribution in [0.4, 0.5) is 5.69 Å². The molecule has 8 nitrogen and oxygen atoms in total. The number of benzene rings is 3. The number of carbonyl (C=O) groups excluding carboxylic acids is 2. The topological polar surface area (TPSA) is 101 Å². The number of hydrogen-bond donors (Lipinski definition) is 1. The van der Waals surface area contributed by atoms with E-state index in [2.05, 4.69) is 16.3 Å².